The molecule has 1 aromatic carbocycles. The smallest absolute Gasteiger partial charge is 0.0876 e. The molecule has 2 rings (SSSR count). The number of aliphatic imine (C=N–C) groups is 1. The largest absolute Gasteiger partial charge is 0.378 e. The molecular formula is C10H10N2S. The number of nitrogens with zero attached hydrogens (tertiary/aromatic N) is 1. The van der Waals surface area contributed by atoms with Gasteiger partial charge in [0.25, 0.3) is 0 Å². The van der Waals surface area contributed by atoms with Crippen LogP contribution >= 0.6 is 12.6 Å². The fraction of sp³-hybridized carbons (Fsp3) is 0.100. The minimum atomic E-state index is 0.152. The fourth-order valence-corrected chi connectivity index (χ4v) is 1.59. The van der Waals surface area contributed by atoms with Crippen LogP contribution in [0.25, 0.3) is 0 Å². The Labute approximate surface area is 82.8 Å². The molecule has 0 spiro atoms. The average Bonchev–Trinajstić information content (AvgIpc) is 2.20. The van der Waals surface area contributed by atoms with Gasteiger partial charge in [0.2, 0.25) is 0 Å². The van der Waals surface area contributed by atoms with E-state index in [2.05, 4.69) is 22.9 Å². The molecule has 0 radical (unpaired) electrons. The van der Waals surface area contributed by atoms with Gasteiger partial charge in [0.1, 0.15) is 0 Å². The Bertz CT molecular complexity index is 358. The summed E-state index contributed by atoms with van der Waals surface area (Å²) in [5, 5.41) is 3.20. The summed E-state index contributed by atoms with van der Waals surface area (Å²) in [6.07, 6.45) is 5.44. The third kappa shape index (κ3) is 1.75. The van der Waals surface area contributed by atoms with Crippen molar-refractivity contribution in [2.24, 2.45) is 4.99 Å². The van der Waals surface area contributed by atoms with Crippen molar-refractivity contribution < 1.29 is 0 Å². The highest BCUT2D eigenvalue weighted by atomic mass is 32.1. The van der Waals surface area contributed by atoms with Crippen LogP contribution in [0.4, 0.5) is 0 Å². The van der Waals surface area contributed by atoms with Crippen molar-refractivity contribution in [2.75, 3.05) is 0 Å². The van der Waals surface area contributed by atoms with Crippen molar-refractivity contribution >= 4 is 18.8 Å². The zero-order chi connectivity index (χ0) is 9.10. The molecule has 0 bridgehead atoms. The normalized spacial score (nSPS) is 19.9. The van der Waals surface area contributed by atoms with E-state index in [9.17, 15) is 0 Å². The average molecular weight is 190 g/mol. The van der Waals surface area contributed by atoms with Gasteiger partial charge in [0, 0.05) is 23.5 Å². The van der Waals surface area contributed by atoms with E-state index in [1.54, 1.807) is 6.20 Å². The maximum absolute atomic E-state index is 4.38. The van der Waals surface area contributed by atoms with Crippen molar-refractivity contribution in [3.63, 3.8) is 0 Å². The van der Waals surface area contributed by atoms with Crippen LogP contribution in [-0.4, -0.2) is 6.21 Å². The predicted octanol–water partition coefficient (Wildman–Crippen LogP) is 2.16. The first kappa shape index (κ1) is 8.38. The molecule has 1 N–H and O–H groups in total. The Balaban J connectivity index is 2.30. The maximum atomic E-state index is 4.38. The molecule has 0 saturated carbocycles. The van der Waals surface area contributed by atoms with Crippen LogP contribution in [-0.2, 0) is 0 Å². The molecular weight excluding hydrogens is 180 g/mol. The Morgan fingerprint density at radius 1 is 1.31 bits per heavy atom. The Morgan fingerprint density at radius 3 is 2.85 bits per heavy atom. The van der Waals surface area contributed by atoms with Gasteiger partial charge in [0.15, 0.2) is 0 Å². The second kappa shape index (κ2) is 3.66. The zero-order valence-electron chi connectivity index (χ0n) is 7.01. The van der Waals surface area contributed by atoms with E-state index in [1.165, 1.54) is 0 Å². The van der Waals surface area contributed by atoms with Gasteiger partial charge in [-0.15, -0.1) is 12.6 Å². The molecule has 0 aliphatic carbocycles. The SMILES string of the molecule is Sc1ccccc1C1C=NC=CN1. The van der Waals surface area contributed by atoms with Gasteiger partial charge in [-0.2, -0.15) is 0 Å². The molecule has 1 aliphatic heterocycles. The number of rotatable bonds is 1. The molecule has 3 heteroatoms. The van der Waals surface area contributed by atoms with E-state index in [-0.39, 0.29) is 6.04 Å². The van der Waals surface area contributed by atoms with E-state index >= 15 is 0 Å². The number of hydrogen-bond acceptors (Lipinski definition) is 3. The van der Waals surface area contributed by atoms with E-state index < -0.39 is 0 Å². The molecule has 0 amide bonds. The van der Waals surface area contributed by atoms with Crippen molar-refractivity contribution in [1.82, 2.24) is 5.32 Å². The molecule has 0 aromatic heterocycles. The predicted molar refractivity (Wildman–Crippen MR) is 57.2 cm³/mol. The van der Waals surface area contributed by atoms with Gasteiger partial charge >= 0.3 is 0 Å². The summed E-state index contributed by atoms with van der Waals surface area (Å²) in [6, 6.07) is 8.15. The van der Waals surface area contributed by atoms with Crippen LogP contribution in [0, 0.1) is 0 Å². The molecule has 0 fully saturated rings. The van der Waals surface area contributed by atoms with E-state index in [1.807, 2.05) is 36.7 Å². The Morgan fingerprint density at radius 2 is 2.15 bits per heavy atom. The number of thiol groups is 1. The number of nitrogens with one attached hydrogen (secondary N) is 1. The number of benzene rings is 1. The van der Waals surface area contributed by atoms with Gasteiger partial charge in [-0.3, -0.25) is 4.99 Å². The highest BCUT2D eigenvalue weighted by Gasteiger charge is 2.10. The highest BCUT2D eigenvalue weighted by Crippen LogP contribution is 2.20. The van der Waals surface area contributed by atoms with Crippen LogP contribution < -0.4 is 5.32 Å². The first-order valence-corrected chi connectivity index (χ1v) is 4.55. The number of hydrogen-bond donors (Lipinski definition) is 2. The lowest BCUT2D eigenvalue weighted by Gasteiger charge is -2.16. The summed E-state index contributed by atoms with van der Waals surface area (Å²) < 4.78 is 0. The first-order chi connectivity index (χ1) is 6.38. The molecule has 1 aromatic rings. The summed E-state index contributed by atoms with van der Waals surface area (Å²) >= 11 is 4.38. The van der Waals surface area contributed by atoms with Gasteiger partial charge < -0.3 is 5.32 Å². The molecule has 2 nitrogen and oxygen atoms in total. The van der Waals surface area contributed by atoms with Crippen molar-refractivity contribution in [2.45, 2.75) is 10.9 Å². The van der Waals surface area contributed by atoms with Crippen molar-refractivity contribution in [3.05, 3.63) is 42.2 Å². The lowest BCUT2D eigenvalue weighted by atomic mass is 10.1. The van der Waals surface area contributed by atoms with Crippen LogP contribution in [0.3, 0.4) is 0 Å². The Kier molecular flexibility index (Phi) is 2.36. The first-order valence-electron chi connectivity index (χ1n) is 4.10. The summed E-state index contributed by atoms with van der Waals surface area (Å²) in [7, 11) is 0. The van der Waals surface area contributed by atoms with Crippen LogP contribution in [0.15, 0.2) is 46.6 Å². The summed E-state index contributed by atoms with van der Waals surface area (Å²) in [5.41, 5.74) is 1.15. The molecule has 1 unspecified atom stereocenters. The van der Waals surface area contributed by atoms with E-state index in [0.29, 0.717) is 0 Å². The highest BCUT2D eigenvalue weighted by molar-refractivity contribution is 7.80. The lowest BCUT2D eigenvalue weighted by molar-refractivity contribution is 0.779. The van der Waals surface area contributed by atoms with Gasteiger partial charge in [-0.1, -0.05) is 18.2 Å². The topological polar surface area (TPSA) is 24.4 Å². The summed E-state index contributed by atoms with van der Waals surface area (Å²) in [6.45, 7) is 0. The van der Waals surface area contributed by atoms with Gasteiger partial charge in [-0.25, -0.2) is 0 Å². The molecule has 1 heterocycles. The van der Waals surface area contributed by atoms with Gasteiger partial charge in [0.05, 0.1) is 6.04 Å². The second-order valence-electron chi connectivity index (χ2n) is 2.82. The summed E-state index contributed by atoms with van der Waals surface area (Å²) in [5.74, 6) is 0. The minimum absolute atomic E-state index is 0.152. The summed E-state index contributed by atoms with van der Waals surface area (Å²) in [4.78, 5) is 5.06. The van der Waals surface area contributed by atoms with Crippen molar-refractivity contribution in [3.8, 4) is 0 Å². The third-order valence-electron chi connectivity index (χ3n) is 1.94. The van der Waals surface area contributed by atoms with Crippen LogP contribution in [0.2, 0.25) is 0 Å². The molecule has 1 atom stereocenters. The van der Waals surface area contributed by atoms with Crippen LogP contribution in [0.1, 0.15) is 11.6 Å². The quantitative estimate of drug-likeness (QED) is 0.652. The van der Waals surface area contributed by atoms with Crippen LogP contribution in [0.5, 0.6) is 0 Å². The molecule has 0 saturated heterocycles. The lowest BCUT2D eigenvalue weighted by Crippen LogP contribution is -2.19. The van der Waals surface area contributed by atoms with Crippen molar-refractivity contribution in [1.29, 1.82) is 0 Å². The fourth-order valence-electron chi connectivity index (χ4n) is 1.29. The Hall–Kier alpha value is -1.22. The molecule has 13 heavy (non-hydrogen) atoms. The molecule has 1 aliphatic rings. The van der Waals surface area contributed by atoms with E-state index in [4.69, 9.17) is 0 Å². The third-order valence-corrected chi connectivity index (χ3v) is 2.35. The van der Waals surface area contributed by atoms with E-state index in [0.717, 1.165) is 10.5 Å². The second-order valence-corrected chi connectivity index (χ2v) is 3.30. The zero-order valence-corrected chi connectivity index (χ0v) is 7.91. The monoisotopic (exact) mass is 190 g/mol. The van der Waals surface area contributed by atoms with Gasteiger partial charge in [-0.05, 0) is 11.6 Å². The minimum Gasteiger partial charge on any atom is -0.378 e. The standard InChI is InChI=1S/C10H10N2S/c13-10-4-2-1-3-8(10)9-7-11-5-6-12-9/h1-7,9,12-13H. The maximum Gasteiger partial charge on any atom is 0.0876 e. The molecule has 66 valence electrons.